The van der Waals surface area contributed by atoms with E-state index < -0.39 is 0 Å². The number of rotatable bonds is 4. The number of benzene rings is 1. The molecule has 2 rings (SSSR count). The van der Waals surface area contributed by atoms with Crippen molar-refractivity contribution < 1.29 is 0 Å². The Kier molecular flexibility index (Phi) is 4.84. The molecule has 0 radical (unpaired) electrons. The monoisotopic (exact) mass is 343 g/mol. The van der Waals surface area contributed by atoms with Crippen LogP contribution in [-0.2, 0) is 6.54 Å². The van der Waals surface area contributed by atoms with Gasteiger partial charge in [-0.3, -0.25) is 4.90 Å². The Morgan fingerprint density at radius 2 is 2.11 bits per heavy atom. The van der Waals surface area contributed by atoms with Crippen LogP contribution in [0.3, 0.4) is 0 Å². The second-order valence-electron chi connectivity index (χ2n) is 4.35. The fraction of sp³-hybridized carbons (Fsp3) is 0.286. The van der Waals surface area contributed by atoms with Crippen molar-refractivity contribution in [3.63, 3.8) is 0 Å². The molecule has 1 atom stereocenters. The number of hydrogen-bond acceptors (Lipinski definition) is 2. The highest BCUT2D eigenvalue weighted by Crippen LogP contribution is 2.27. The van der Waals surface area contributed by atoms with Crippen LogP contribution < -0.4 is 0 Å². The molecule has 1 aromatic carbocycles. The SMILES string of the molecule is CC(c1cccc(Cl)c1)N(C)Cc1ccc(Br)s1. The maximum absolute atomic E-state index is 6.03. The molecule has 1 heterocycles. The molecule has 0 aliphatic rings. The fourth-order valence-corrected chi connectivity index (χ4v) is 3.59. The average Bonchev–Trinajstić information content (AvgIpc) is 2.73. The lowest BCUT2D eigenvalue weighted by molar-refractivity contribution is 0.255. The minimum absolute atomic E-state index is 0.351. The van der Waals surface area contributed by atoms with Crippen molar-refractivity contribution in [3.8, 4) is 0 Å². The van der Waals surface area contributed by atoms with Crippen molar-refractivity contribution in [2.24, 2.45) is 0 Å². The largest absolute Gasteiger partial charge is 0.295 e. The smallest absolute Gasteiger partial charge is 0.0701 e. The zero-order valence-corrected chi connectivity index (χ0v) is 13.5. The summed E-state index contributed by atoms with van der Waals surface area (Å²) in [5, 5.41) is 0.798. The van der Waals surface area contributed by atoms with Gasteiger partial charge in [0.2, 0.25) is 0 Å². The van der Waals surface area contributed by atoms with Crippen molar-refractivity contribution in [2.45, 2.75) is 19.5 Å². The molecule has 0 fully saturated rings. The molecule has 96 valence electrons. The summed E-state index contributed by atoms with van der Waals surface area (Å²) < 4.78 is 1.18. The molecule has 0 saturated carbocycles. The predicted octanol–water partition coefficient (Wildman–Crippen LogP) is 5.36. The first kappa shape index (κ1) is 14.1. The third-order valence-corrected chi connectivity index (χ3v) is 4.87. The van der Waals surface area contributed by atoms with Crippen LogP contribution in [0.1, 0.15) is 23.4 Å². The van der Waals surface area contributed by atoms with Crippen molar-refractivity contribution >= 4 is 38.9 Å². The Morgan fingerprint density at radius 3 is 2.72 bits per heavy atom. The molecule has 0 aliphatic carbocycles. The minimum atomic E-state index is 0.351. The molecular formula is C14H15BrClNS. The van der Waals surface area contributed by atoms with Crippen molar-refractivity contribution in [1.29, 1.82) is 0 Å². The predicted molar refractivity (Wildman–Crippen MR) is 83.4 cm³/mol. The normalized spacial score (nSPS) is 12.9. The van der Waals surface area contributed by atoms with Gasteiger partial charge in [-0.05, 0) is 59.7 Å². The number of nitrogens with zero attached hydrogens (tertiary/aromatic N) is 1. The van der Waals surface area contributed by atoms with E-state index in [1.54, 1.807) is 11.3 Å². The zero-order chi connectivity index (χ0) is 13.1. The summed E-state index contributed by atoms with van der Waals surface area (Å²) in [7, 11) is 2.14. The molecule has 1 aromatic heterocycles. The van der Waals surface area contributed by atoms with E-state index in [0.29, 0.717) is 6.04 Å². The van der Waals surface area contributed by atoms with Gasteiger partial charge >= 0.3 is 0 Å². The Hall–Kier alpha value is -0.350. The second kappa shape index (κ2) is 6.20. The van der Waals surface area contributed by atoms with Crippen LogP contribution in [0.4, 0.5) is 0 Å². The summed E-state index contributed by atoms with van der Waals surface area (Å²) in [5.41, 5.74) is 1.25. The highest BCUT2D eigenvalue weighted by atomic mass is 79.9. The summed E-state index contributed by atoms with van der Waals surface area (Å²) in [5.74, 6) is 0. The fourth-order valence-electron chi connectivity index (χ4n) is 1.84. The molecule has 0 spiro atoms. The lowest BCUT2D eigenvalue weighted by Gasteiger charge is -2.24. The van der Waals surface area contributed by atoms with Gasteiger partial charge in [0.1, 0.15) is 0 Å². The van der Waals surface area contributed by atoms with Crippen LogP contribution in [0.25, 0.3) is 0 Å². The molecule has 0 aliphatic heterocycles. The van der Waals surface area contributed by atoms with E-state index in [0.717, 1.165) is 11.6 Å². The van der Waals surface area contributed by atoms with Gasteiger partial charge in [-0.2, -0.15) is 0 Å². The molecular weight excluding hydrogens is 330 g/mol. The van der Waals surface area contributed by atoms with Crippen LogP contribution in [0.5, 0.6) is 0 Å². The summed E-state index contributed by atoms with van der Waals surface area (Å²) in [6.07, 6.45) is 0. The molecule has 4 heteroatoms. The molecule has 0 amide bonds. The van der Waals surface area contributed by atoms with Gasteiger partial charge in [0.15, 0.2) is 0 Å². The molecule has 0 bridgehead atoms. The topological polar surface area (TPSA) is 3.24 Å². The van der Waals surface area contributed by atoms with Gasteiger partial charge in [0, 0.05) is 22.5 Å². The van der Waals surface area contributed by atoms with Crippen LogP contribution in [0.15, 0.2) is 40.2 Å². The van der Waals surface area contributed by atoms with Crippen molar-refractivity contribution in [1.82, 2.24) is 4.90 Å². The Balaban J connectivity index is 2.06. The summed E-state index contributed by atoms with van der Waals surface area (Å²) in [6.45, 7) is 3.15. The number of halogens is 2. The lowest BCUT2D eigenvalue weighted by atomic mass is 10.1. The first-order valence-electron chi connectivity index (χ1n) is 5.76. The summed E-state index contributed by atoms with van der Waals surface area (Å²) >= 11 is 11.3. The quantitative estimate of drug-likeness (QED) is 0.722. The third kappa shape index (κ3) is 3.58. The van der Waals surface area contributed by atoms with Crippen molar-refractivity contribution in [2.75, 3.05) is 7.05 Å². The zero-order valence-electron chi connectivity index (χ0n) is 10.4. The van der Waals surface area contributed by atoms with Crippen molar-refractivity contribution in [3.05, 3.63) is 55.6 Å². The van der Waals surface area contributed by atoms with E-state index in [1.165, 1.54) is 14.2 Å². The highest BCUT2D eigenvalue weighted by molar-refractivity contribution is 9.11. The van der Waals surface area contributed by atoms with Crippen LogP contribution in [0, 0.1) is 0 Å². The Morgan fingerprint density at radius 1 is 1.33 bits per heavy atom. The summed E-state index contributed by atoms with van der Waals surface area (Å²) in [4.78, 5) is 3.68. The van der Waals surface area contributed by atoms with E-state index in [2.05, 4.69) is 53.0 Å². The van der Waals surface area contributed by atoms with Gasteiger partial charge in [-0.25, -0.2) is 0 Å². The highest BCUT2D eigenvalue weighted by Gasteiger charge is 2.13. The summed E-state index contributed by atoms with van der Waals surface area (Å²) in [6, 6.07) is 12.7. The molecule has 18 heavy (non-hydrogen) atoms. The maximum Gasteiger partial charge on any atom is 0.0701 e. The molecule has 0 N–H and O–H groups in total. The van der Waals surface area contributed by atoms with E-state index in [4.69, 9.17) is 11.6 Å². The molecule has 0 saturated heterocycles. The van der Waals surface area contributed by atoms with E-state index >= 15 is 0 Å². The minimum Gasteiger partial charge on any atom is -0.295 e. The molecule has 2 aromatic rings. The van der Waals surface area contributed by atoms with Crippen LogP contribution >= 0.6 is 38.9 Å². The average molecular weight is 345 g/mol. The van der Waals surface area contributed by atoms with Gasteiger partial charge in [-0.1, -0.05) is 23.7 Å². The Bertz CT molecular complexity index is 526. The van der Waals surface area contributed by atoms with E-state index in [-0.39, 0.29) is 0 Å². The van der Waals surface area contributed by atoms with Gasteiger partial charge in [0.25, 0.3) is 0 Å². The van der Waals surface area contributed by atoms with Gasteiger partial charge in [0.05, 0.1) is 3.79 Å². The van der Waals surface area contributed by atoms with Crippen LogP contribution in [-0.4, -0.2) is 11.9 Å². The van der Waals surface area contributed by atoms with Gasteiger partial charge < -0.3 is 0 Å². The number of hydrogen-bond donors (Lipinski definition) is 0. The van der Waals surface area contributed by atoms with E-state index in [9.17, 15) is 0 Å². The van der Waals surface area contributed by atoms with Crippen LogP contribution in [0.2, 0.25) is 5.02 Å². The number of thiophene rings is 1. The van der Waals surface area contributed by atoms with E-state index in [1.807, 2.05) is 18.2 Å². The Labute approximate surface area is 126 Å². The molecule has 1 nitrogen and oxygen atoms in total. The first-order valence-corrected chi connectivity index (χ1v) is 7.75. The van der Waals surface area contributed by atoms with Gasteiger partial charge in [-0.15, -0.1) is 11.3 Å². The lowest BCUT2D eigenvalue weighted by Crippen LogP contribution is -2.21. The standard InChI is InChI=1S/C14H15BrClNS/c1-10(11-4-3-5-12(16)8-11)17(2)9-13-6-7-14(15)18-13/h3-8,10H,9H2,1-2H3. The molecule has 1 unspecified atom stereocenters. The third-order valence-electron chi connectivity index (χ3n) is 3.03. The second-order valence-corrected chi connectivity index (χ2v) is 7.34. The first-order chi connectivity index (χ1) is 8.56. The maximum atomic E-state index is 6.03.